The Hall–Kier alpha value is -4.34. The monoisotopic (exact) mass is 661 g/mol. The number of nitrogens with one attached hydrogen (secondary N) is 1. The smallest absolute Gasteiger partial charge is 0.264 e. The van der Waals surface area contributed by atoms with E-state index in [1.54, 1.807) is 30.3 Å². The molecule has 0 fully saturated rings. The molecule has 1 atom stereocenters. The standard InChI is InChI=1S/C36H40ClN3O5S/c1-4-5-22-38-36(42)33(23-28-15-8-6-9-16-28)39(25-29-17-13-12-14-27(29)2)35(41)26-40(30-20-21-34(45-3)32(37)24-30)46(43,44)31-18-10-7-11-19-31/h6-21,24,33H,4-5,22-23,25-26H2,1-3H3,(H,38,42)/t33-/m0/s1. The molecule has 8 nitrogen and oxygen atoms in total. The molecule has 1 N–H and O–H groups in total. The SMILES string of the molecule is CCCCNC(=O)[C@H](Cc1ccccc1)N(Cc1ccccc1C)C(=O)CN(c1ccc(OC)c(Cl)c1)S(=O)(=O)c1ccccc1. The average Bonchev–Trinajstić information content (AvgIpc) is 3.06. The summed E-state index contributed by atoms with van der Waals surface area (Å²) in [7, 11) is -2.77. The van der Waals surface area contributed by atoms with Gasteiger partial charge < -0.3 is 15.0 Å². The molecule has 0 saturated carbocycles. The number of methoxy groups -OCH3 is 1. The summed E-state index contributed by atoms with van der Waals surface area (Å²) < 4.78 is 34.6. The van der Waals surface area contributed by atoms with E-state index >= 15 is 0 Å². The zero-order chi connectivity index (χ0) is 33.1. The Bertz CT molecular complexity index is 1720. The van der Waals surface area contributed by atoms with Crippen molar-refractivity contribution >= 4 is 39.1 Å². The lowest BCUT2D eigenvalue weighted by Gasteiger charge is -2.34. The highest BCUT2D eigenvalue weighted by Crippen LogP contribution is 2.32. The fourth-order valence-corrected chi connectivity index (χ4v) is 6.77. The first kappa shape index (κ1) is 34.5. The number of halogens is 1. The van der Waals surface area contributed by atoms with Gasteiger partial charge in [0.05, 0.1) is 22.7 Å². The molecule has 0 aromatic heterocycles. The summed E-state index contributed by atoms with van der Waals surface area (Å²) in [4.78, 5) is 29.9. The van der Waals surface area contributed by atoms with Crippen LogP contribution in [0.25, 0.3) is 0 Å². The van der Waals surface area contributed by atoms with Crippen LogP contribution in [0.4, 0.5) is 5.69 Å². The predicted molar refractivity (Wildman–Crippen MR) is 183 cm³/mol. The second-order valence-electron chi connectivity index (χ2n) is 10.9. The molecule has 46 heavy (non-hydrogen) atoms. The zero-order valence-corrected chi connectivity index (χ0v) is 27.9. The molecule has 4 aromatic rings. The number of amides is 2. The number of hydrogen-bond donors (Lipinski definition) is 1. The Balaban J connectivity index is 1.81. The van der Waals surface area contributed by atoms with Crippen LogP contribution in [0.1, 0.15) is 36.5 Å². The van der Waals surface area contributed by atoms with Gasteiger partial charge in [0.1, 0.15) is 18.3 Å². The van der Waals surface area contributed by atoms with E-state index in [0.29, 0.717) is 12.3 Å². The third-order valence-corrected chi connectivity index (χ3v) is 9.82. The molecular weight excluding hydrogens is 622 g/mol. The van der Waals surface area contributed by atoms with E-state index in [0.717, 1.165) is 33.8 Å². The molecule has 0 radical (unpaired) electrons. The van der Waals surface area contributed by atoms with Crippen molar-refractivity contribution in [3.05, 3.63) is 125 Å². The van der Waals surface area contributed by atoms with Gasteiger partial charge in [0.15, 0.2) is 0 Å². The second-order valence-corrected chi connectivity index (χ2v) is 13.2. The molecule has 0 spiro atoms. The number of nitrogens with zero attached hydrogens (tertiary/aromatic N) is 2. The molecule has 0 saturated heterocycles. The first-order valence-corrected chi connectivity index (χ1v) is 17.0. The van der Waals surface area contributed by atoms with Gasteiger partial charge in [0.25, 0.3) is 10.0 Å². The number of rotatable bonds is 15. The quantitative estimate of drug-likeness (QED) is 0.149. The summed E-state index contributed by atoms with van der Waals surface area (Å²) in [5, 5.41) is 3.19. The Morgan fingerprint density at radius 3 is 2.20 bits per heavy atom. The van der Waals surface area contributed by atoms with Crippen molar-refractivity contribution in [1.29, 1.82) is 0 Å². The normalized spacial score (nSPS) is 11.8. The van der Waals surface area contributed by atoms with Crippen LogP contribution in [0.5, 0.6) is 5.75 Å². The molecule has 4 aromatic carbocycles. The van der Waals surface area contributed by atoms with Crippen molar-refractivity contribution in [1.82, 2.24) is 10.2 Å². The van der Waals surface area contributed by atoms with Crippen LogP contribution in [0.3, 0.4) is 0 Å². The van der Waals surface area contributed by atoms with Crippen molar-refractivity contribution in [2.45, 2.75) is 50.6 Å². The minimum Gasteiger partial charge on any atom is -0.495 e. The highest BCUT2D eigenvalue weighted by Gasteiger charge is 2.35. The largest absolute Gasteiger partial charge is 0.495 e. The fourth-order valence-electron chi connectivity index (χ4n) is 5.09. The lowest BCUT2D eigenvalue weighted by Crippen LogP contribution is -2.53. The van der Waals surface area contributed by atoms with Crippen LogP contribution in [0.15, 0.2) is 108 Å². The number of carbonyl (C=O) groups excluding carboxylic acids is 2. The zero-order valence-electron chi connectivity index (χ0n) is 26.4. The molecule has 0 aliphatic heterocycles. The fraction of sp³-hybridized carbons (Fsp3) is 0.278. The molecule has 2 amide bonds. The number of aryl methyl sites for hydroxylation is 1. The number of sulfonamides is 1. The minimum absolute atomic E-state index is 0.0124. The maximum atomic E-state index is 14.6. The first-order valence-electron chi connectivity index (χ1n) is 15.2. The number of unbranched alkanes of at least 4 members (excludes halogenated alkanes) is 1. The summed E-state index contributed by atoms with van der Waals surface area (Å²) in [6, 6.07) is 28.7. The third kappa shape index (κ3) is 8.68. The van der Waals surface area contributed by atoms with Crippen LogP contribution in [0.2, 0.25) is 5.02 Å². The molecular formula is C36H40ClN3O5S. The van der Waals surface area contributed by atoms with Crippen molar-refractivity contribution in [2.24, 2.45) is 0 Å². The highest BCUT2D eigenvalue weighted by molar-refractivity contribution is 7.92. The number of benzene rings is 4. The maximum Gasteiger partial charge on any atom is 0.264 e. The summed E-state index contributed by atoms with van der Waals surface area (Å²) in [6.45, 7) is 3.98. The van der Waals surface area contributed by atoms with Crippen LogP contribution in [-0.4, -0.2) is 51.4 Å². The Kier molecular flexibility index (Phi) is 12.2. The average molecular weight is 662 g/mol. The molecule has 0 unspecified atom stereocenters. The molecule has 10 heteroatoms. The van der Waals surface area contributed by atoms with Crippen LogP contribution >= 0.6 is 11.6 Å². The van der Waals surface area contributed by atoms with Gasteiger partial charge in [-0.2, -0.15) is 0 Å². The van der Waals surface area contributed by atoms with E-state index in [1.165, 1.54) is 30.2 Å². The van der Waals surface area contributed by atoms with Gasteiger partial charge in [0.2, 0.25) is 11.8 Å². The van der Waals surface area contributed by atoms with Crippen molar-refractivity contribution < 1.29 is 22.7 Å². The van der Waals surface area contributed by atoms with E-state index in [-0.39, 0.29) is 34.5 Å². The van der Waals surface area contributed by atoms with Crippen molar-refractivity contribution in [3.8, 4) is 5.75 Å². The van der Waals surface area contributed by atoms with Gasteiger partial charge in [0, 0.05) is 19.5 Å². The Labute approximate surface area is 277 Å². The van der Waals surface area contributed by atoms with Gasteiger partial charge in [-0.3, -0.25) is 13.9 Å². The van der Waals surface area contributed by atoms with Gasteiger partial charge in [-0.25, -0.2) is 8.42 Å². The van der Waals surface area contributed by atoms with Crippen LogP contribution < -0.4 is 14.4 Å². The minimum atomic E-state index is -4.24. The van der Waals surface area contributed by atoms with Crippen LogP contribution in [-0.2, 0) is 32.6 Å². The molecule has 0 heterocycles. The Morgan fingerprint density at radius 1 is 0.913 bits per heavy atom. The molecule has 0 aliphatic carbocycles. The number of carbonyl (C=O) groups is 2. The molecule has 4 rings (SSSR count). The first-order chi connectivity index (χ1) is 22.1. The van der Waals surface area contributed by atoms with E-state index < -0.39 is 28.5 Å². The number of ether oxygens (including phenoxy) is 1. The topological polar surface area (TPSA) is 96.0 Å². The van der Waals surface area contributed by atoms with Crippen molar-refractivity contribution in [2.75, 3.05) is 24.5 Å². The van der Waals surface area contributed by atoms with E-state index in [1.807, 2.05) is 68.4 Å². The lowest BCUT2D eigenvalue weighted by atomic mass is 10.0. The number of anilines is 1. The summed E-state index contributed by atoms with van der Waals surface area (Å²) >= 11 is 6.44. The maximum absolute atomic E-state index is 14.6. The van der Waals surface area contributed by atoms with Gasteiger partial charge in [-0.15, -0.1) is 0 Å². The summed E-state index contributed by atoms with van der Waals surface area (Å²) in [5.74, 6) is -0.480. The van der Waals surface area contributed by atoms with E-state index in [4.69, 9.17) is 16.3 Å². The summed E-state index contributed by atoms with van der Waals surface area (Å²) in [5.41, 5.74) is 2.85. The third-order valence-electron chi connectivity index (χ3n) is 7.74. The Morgan fingerprint density at radius 2 is 1.57 bits per heavy atom. The number of hydrogen-bond acceptors (Lipinski definition) is 5. The predicted octanol–water partition coefficient (Wildman–Crippen LogP) is 6.41. The summed E-state index contributed by atoms with van der Waals surface area (Å²) in [6.07, 6.45) is 1.93. The van der Waals surface area contributed by atoms with E-state index in [9.17, 15) is 18.0 Å². The molecule has 0 aliphatic rings. The highest BCUT2D eigenvalue weighted by atomic mass is 35.5. The van der Waals surface area contributed by atoms with Gasteiger partial charge in [-0.05, 0) is 60.4 Å². The van der Waals surface area contributed by atoms with Crippen molar-refractivity contribution in [3.63, 3.8) is 0 Å². The van der Waals surface area contributed by atoms with Gasteiger partial charge in [-0.1, -0.05) is 97.7 Å². The second kappa shape index (κ2) is 16.3. The molecule has 0 bridgehead atoms. The lowest BCUT2D eigenvalue weighted by molar-refractivity contribution is -0.140. The van der Waals surface area contributed by atoms with Gasteiger partial charge >= 0.3 is 0 Å². The van der Waals surface area contributed by atoms with Crippen LogP contribution in [0, 0.1) is 6.92 Å². The van der Waals surface area contributed by atoms with E-state index in [2.05, 4.69) is 5.32 Å². The molecule has 242 valence electrons.